The van der Waals surface area contributed by atoms with E-state index < -0.39 is 0 Å². The van der Waals surface area contributed by atoms with Gasteiger partial charge in [0.1, 0.15) is 5.75 Å². The average molecular weight is 332 g/mol. The average Bonchev–Trinajstić information content (AvgIpc) is 2.82. The van der Waals surface area contributed by atoms with Crippen LogP contribution in [-0.2, 0) is 14.3 Å². The maximum atomic E-state index is 12.4. The third-order valence-corrected chi connectivity index (χ3v) is 4.75. The zero-order valence-electron chi connectivity index (χ0n) is 14.0. The number of fused-ring (bicyclic) bond motifs is 1. The molecule has 2 atom stereocenters. The maximum absolute atomic E-state index is 12.4. The van der Waals surface area contributed by atoms with Crippen molar-refractivity contribution in [2.24, 2.45) is 5.92 Å². The summed E-state index contributed by atoms with van der Waals surface area (Å²) in [7, 11) is 0. The van der Waals surface area contributed by atoms with E-state index >= 15 is 0 Å². The Kier molecular flexibility index (Phi) is 5.35. The summed E-state index contributed by atoms with van der Waals surface area (Å²) < 4.78 is 11.4. The van der Waals surface area contributed by atoms with E-state index in [4.69, 9.17) is 9.47 Å². The number of piperidine rings is 1. The Bertz CT molecular complexity index is 578. The summed E-state index contributed by atoms with van der Waals surface area (Å²) in [5.41, 5.74) is 0. The van der Waals surface area contributed by atoms with Gasteiger partial charge in [-0.3, -0.25) is 9.59 Å². The number of carbonyl (C=O) groups is 2. The lowest BCUT2D eigenvalue weighted by atomic mass is 9.93. The van der Waals surface area contributed by atoms with Crippen molar-refractivity contribution in [3.05, 3.63) is 30.3 Å². The number of ether oxygens (including phenoxy) is 2. The molecule has 2 aliphatic heterocycles. The van der Waals surface area contributed by atoms with Gasteiger partial charge < -0.3 is 19.3 Å². The highest BCUT2D eigenvalue weighted by molar-refractivity contribution is 5.78. The predicted molar refractivity (Wildman–Crippen MR) is 88.6 cm³/mol. The molecule has 2 heterocycles. The fourth-order valence-electron chi connectivity index (χ4n) is 3.32. The van der Waals surface area contributed by atoms with Crippen LogP contribution in [0.3, 0.4) is 0 Å². The van der Waals surface area contributed by atoms with Crippen LogP contribution in [0.25, 0.3) is 0 Å². The summed E-state index contributed by atoms with van der Waals surface area (Å²) in [6.07, 6.45) is 0.856. The van der Waals surface area contributed by atoms with Gasteiger partial charge in [0.05, 0.1) is 12.7 Å². The number of hydrogen-bond donors (Lipinski definition) is 0. The molecule has 6 nitrogen and oxygen atoms in total. The molecule has 0 aromatic heterocycles. The van der Waals surface area contributed by atoms with Gasteiger partial charge in [-0.05, 0) is 18.6 Å². The highest BCUT2D eigenvalue weighted by atomic mass is 16.5. The van der Waals surface area contributed by atoms with Crippen LogP contribution in [0.5, 0.6) is 5.75 Å². The van der Waals surface area contributed by atoms with Crippen LogP contribution in [0.2, 0.25) is 0 Å². The monoisotopic (exact) mass is 332 g/mol. The molecular weight excluding hydrogens is 308 g/mol. The number of benzene rings is 1. The Morgan fingerprint density at radius 1 is 1.17 bits per heavy atom. The van der Waals surface area contributed by atoms with Gasteiger partial charge in [0.2, 0.25) is 5.91 Å². The molecule has 0 aliphatic carbocycles. The number of amides is 2. The molecule has 2 amide bonds. The van der Waals surface area contributed by atoms with Crippen molar-refractivity contribution in [2.45, 2.75) is 19.4 Å². The highest BCUT2D eigenvalue weighted by Gasteiger charge is 2.35. The number of carbonyl (C=O) groups excluding carboxylic acids is 2. The molecular formula is C18H24N2O4. The summed E-state index contributed by atoms with van der Waals surface area (Å²) in [6, 6.07) is 9.35. The number of hydrogen-bond acceptors (Lipinski definition) is 4. The van der Waals surface area contributed by atoms with Gasteiger partial charge in [-0.25, -0.2) is 0 Å². The predicted octanol–water partition coefficient (Wildman–Crippen LogP) is 1.16. The topological polar surface area (TPSA) is 59.1 Å². The molecule has 0 saturated carbocycles. The Morgan fingerprint density at radius 3 is 2.71 bits per heavy atom. The molecule has 0 radical (unpaired) electrons. The van der Waals surface area contributed by atoms with Crippen LogP contribution in [0.4, 0.5) is 0 Å². The van der Waals surface area contributed by atoms with Crippen LogP contribution in [-0.4, -0.2) is 67.1 Å². The first-order valence-electron chi connectivity index (χ1n) is 8.46. The second-order valence-electron chi connectivity index (χ2n) is 6.36. The largest absolute Gasteiger partial charge is 0.484 e. The van der Waals surface area contributed by atoms with Gasteiger partial charge >= 0.3 is 0 Å². The molecule has 1 aromatic carbocycles. The lowest BCUT2D eigenvalue weighted by molar-refractivity contribution is -0.139. The summed E-state index contributed by atoms with van der Waals surface area (Å²) in [5, 5.41) is 0. The van der Waals surface area contributed by atoms with E-state index in [0.717, 1.165) is 13.0 Å². The van der Waals surface area contributed by atoms with Crippen LogP contribution in [0.15, 0.2) is 30.3 Å². The Labute approximate surface area is 142 Å². The SMILES string of the molecule is CC(=O)N1CCO[C@H]2CN(C(=O)COc3ccccc3)CC[C@@H]2C1. The Balaban J connectivity index is 1.52. The van der Waals surface area contributed by atoms with E-state index in [1.165, 1.54) is 0 Å². The molecule has 130 valence electrons. The van der Waals surface area contributed by atoms with E-state index in [2.05, 4.69) is 0 Å². The molecule has 0 spiro atoms. The van der Waals surface area contributed by atoms with Crippen LogP contribution < -0.4 is 4.74 Å². The molecule has 2 fully saturated rings. The number of likely N-dealkylation sites (tertiary alicyclic amines) is 1. The van der Waals surface area contributed by atoms with Crippen molar-refractivity contribution in [1.29, 1.82) is 0 Å². The van der Waals surface area contributed by atoms with Crippen molar-refractivity contribution < 1.29 is 19.1 Å². The van der Waals surface area contributed by atoms with Crippen molar-refractivity contribution in [1.82, 2.24) is 9.80 Å². The summed E-state index contributed by atoms with van der Waals surface area (Å²) in [4.78, 5) is 27.7. The summed E-state index contributed by atoms with van der Waals surface area (Å²) in [6.45, 7) is 4.79. The normalized spacial score (nSPS) is 24.0. The molecule has 2 aliphatic rings. The minimum absolute atomic E-state index is 0.00350. The molecule has 6 heteroatoms. The fourth-order valence-corrected chi connectivity index (χ4v) is 3.32. The van der Waals surface area contributed by atoms with Crippen molar-refractivity contribution in [2.75, 3.05) is 39.4 Å². The second kappa shape index (κ2) is 7.66. The van der Waals surface area contributed by atoms with Crippen molar-refractivity contribution >= 4 is 11.8 Å². The van der Waals surface area contributed by atoms with Crippen molar-refractivity contribution in [3.63, 3.8) is 0 Å². The molecule has 3 rings (SSSR count). The molecule has 0 unspecified atom stereocenters. The fraction of sp³-hybridized carbons (Fsp3) is 0.556. The molecule has 0 bridgehead atoms. The first-order valence-corrected chi connectivity index (χ1v) is 8.46. The zero-order valence-corrected chi connectivity index (χ0v) is 14.0. The third-order valence-electron chi connectivity index (χ3n) is 4.75. The Hall–Kier alpha value is -2.08. The van der Waals surface area contributed by atoms with Gasteiger partial charge in [0.25, 0.3) is 5.91 Å². The van der Waals surface area contributed by atoms with E-state index in [1.54, 1.807) is 6.92 Å². The van der Waals surface area contributed by atoms with Crippen molar-refractivity contribution in [3.8, 4) is 5.75 Å². The highest BCUT2D eigenvalue weighted by Crippen LogP contribution is 2.24. The molecule has 24 heavy (non-hydrogen) atoms. The number of nitrogens with zero attached hydrogens (tertiary/aromatic N) is 2. The van der Waals surface area contributed by atoms with E-state index in [9.17, 15) is 9.59 Å². The van der Waals surface area contributed by atoms with Gasteiger partial charge in [-0.2, -0.15) is 0 Å². The molecule has 1 aromatic rings. The number of rotatable bonds is 3. The van der Waals surface area contributed by atoms with Crippen LogP contribution >= 0.6 is 0 Å². The summed E-state index contributed by atoms with van der Waals surface area (Å²) in [5.74, 6) is 1.07. The Morgan fingerprint density at radius 2 is 1.96 bits per heavy atom. The second-order valence-corrected chi connectivity index (χ2v) is 6.36. The van der Waals surface area contributed by atoms with E-state index in [-0.39, 0.29) is 24.5 Å². The first kappa shape index (κ1) is 16.8. The zero-order chi connectivity index (χ0) is 16.9. The third kappa shape index (κ3) is 4.06. The van der Waals surface area contributed by atoms with Gasteiger partial charge in [-0.15, -0.1) is 0 Å². The van der Waals surface area contributed by atoms with Gasteiger partial charge in [-0.1, -0.05) is 18.2 Å². The number of para-hydroxylation sites is 1. The minimum atomic E-state index is -0.0198. The minimum Gasteiger partial charge on any atom is -0.484 e. The lowest BCUT2D eigenvalue weighted by Crippen LogP contribution is -2.50. The molecule has 2 saturated heterocycles. The standard InChI is InChI=1S/C18H24N2O4/c1-14(21)19-9-10-23-17-12-20(8-7-15(17)11-19)18(22)13-24-16-5-3-2-4-6-16/h2-6,15,17H,7-13H2,1H3/t15-,17+/m1/s1. The van der Waals surface area contributed by atoms with E-state index in [1.807, 2.05) is 40.1 Å². The van der Waals surface area contributed by atoms with Crippen LogP contribution in [0, 0.1) is 5.92 Å². The van der Waals surface area contributed by atoms with Gasteiger partial charge in [0, 0.05) is 39.0 Å². The maximum Gasteiger partial charge on any atom is 0.260 e. The van der Waals surface area contributed by atoms with E-state index in [0.29, 0.717) is 37.9 Å². The quantitative estimate of drug-likeness (QED) is 0.833. The lowest BCUT2D eigenvalue weighted by Gasteiger charge is -2.37. The molecule has 0 N–H and O–H groups in total. The first-order chi connectivity index (χ1) is 11.6. The van der Waals surface area contributed by atoms with Gasteiger partial charge in [0.15, 0.2) is 6.61 Å². The summed E-state index contributed by atoms with van der Waals surface area (Å²) >= 11 is 0. The smallest absolute Gasteiger partial charge is 0.260 e. The van der Waals surface area contributed by atoms with Crippen LogP contribution in [0.1, 0.15) is 13.3 Å².